The molecule has 0 atom stereocenters. The molecule has 162 valence electrons. The summed E-state index contributed by atoms with van der Waals surface area (Å²) in [7, 11) is 4.44. The van der Waals surface area contributed by atoms with Crippen LogP contribution < -0.4 is 19.5 Å². The van der Waals surface area contributed by atoms with Gasteiger partial charge in [0, 0.05) is 30.2 Å². The molecule has 0 spiro atoms. The van der Waals surface area contributed by atoms with Gasteiger partial charge in [0.1, 0.15) is 0 Å². The number of rotatable bonds is 9. The third-order valence-corrected chi connectivity index (χ3v) is 4.38. The van der Waals surface area contributed by atoms with Gasteiger partial charge in [-0.05, 0) is 23.8 Å². The van der Waals surface area contributed by atoms with Gasteiger partial charge in [0.15, 0.2) is 18.1 Å². The third kappa shape index (κ3) is 5.53. The van der Waals surface area contributed by atoms with Gasteiger partial charge in [-0.2, -0.15) is 5.10 Å². The number of nitrogens with one attached hydrogen (secondary N) is 1. The van der Waals surface area contributed by atoms with Crippen LogP contribution >= 0.6 is 0 Å². The summed E-state index contributed by atoms with van der Waals surface area (Å²) in [5, 5.41) is 6.78. The average Bonchev–Trinajstić information content (AvgIpc) is 3.30. The van der Waals surface area contributed by atoms with Crippen LogP contribution in [0.15, 0.2) is 54.9 Å². The zero-order valence-electron chi connectivity index (χ0n) is 17.5. The molecule has 0 saturated heterocycles. The second-order valence-electron chi connectivity index (χ2n) is 6.44. The lowest BCUT2D eigenvalue weighted by Gasteiger charge is -2.14. The van der Waals surface area contributed by atoms with Crippen molar-refractivity contribution in [2.75, 3.05) is 33.3 Å². The van der Waals surface area contributed by atoms with Gasteiger partial charge in [0.2, 0.25) is 5.75 Å². The topological polar surface area (TPSA) is 101 Å². The van der Waals surface area contributed by atoms with Gasteiger partial charge < -0.3 is 24.3 Å². The van der Waals surface area contributed by atoms with Crippen molar-refractivity contribution in [1.29, 1.82) is 0 Å². The molecule has 1 heterocycles. The summed E-state index contributed by atoms with van der Waals surface area (Å²) in [6.07, 6.45) is 3.56. The van der Waals surface area contributed by atoms with E-state index in [1.807, 2.05) is 24.4 Å². The third-order valence-electron chi connectivity index (χ3n) is 4.38. The largest absolute Gasteiger partial charge is 0.493 e. The highest BCUT2D eigenvalue weighted by molar-refractivity contribution is 5.96. The Hall–Kier alpha value is -4.01. The van der Waals surface area contributed by atoms with Crippen LogP contribution in [0.25, 0.3) is 0 Å². The van der Waals surface area contributed by atoms with Crippen molar-refractivity contribution in [1.82, 2.24) is 9.78 Å². The van der Waals surface area contributed by atoms with Crippen LogP contribution in [0.5, 0.6) is 17.2 Å². The maximum atomic E-state index is 12.2. The predicted molar refractivity (Wildman–Crippen MR) is 113 cm³/mol. The molecular formula is C22H23N3O6. The van der Waals surface area contributed by atoms with Crippen molar-refractivity contribution in [2.24, 2.45) is 0 Å². The molecule has 0 aliphatic rings. The smallest absolute Gasteiger partial charge is 0.338 e. The maximum Gasteiger partial charge on any atom is 0.338 e. The molecule has 0 aliphatic heterocycles. The molecule has 31 heavy (non-hydrogen) atoms. The first kappa shape index (κ1) is 21.7. The van der Waals surface area contributed by atoms with E-state index in [-0.39, 0.29) is 0 Å². The Bertz CT molecular complexity index is 1010. The minimum absolute atomic E-state index is 0.352. The Morgan fingerprint density at radius 3 is 2.23 bits per heavy atom. The number of hydrogen-bond acceptors (Lipinski definition) is 7. The Labute approximate surface area is 179 Å². The number of methoxy groups -OCH3 is 3. The number of aromatic nitrogens is 2. The molecule has 3 rings (SSSR count). The summed E-state index contributed by atoms with van der Waals surface area (Å²) in [5.41, 5.74) is 1.75. The summed E-state index contributed by atoms with van der Waals surface area (Å²) in [4.78, 5) is 24.5. The van der Waals surface area contributed by atoms with E-state index in [1.165, 1.54) is 21.3 Å². The summed E-state index contributed by atoms with van der Waals surface area (Å²) in [6, 6.07) is 11.9. The number of nitrogens with zero attached hydrogens (tertiary/aromatic N) is 2. The maximum absolute atomic E-state index is 12.2. The predicted octanol–water partition coefficient (Wildman–Crippen LogP) is 2.75. The number of ether oxygens (including phenoxy) is 4. The SMILES string of the molecule is COc1cc(NC(=O)COC(=O)c2ccc(Cn3cccn3)cc2)cc(OC)c1OC. The molecule has 9 nitrogen and oxygen atoms in total. The molecule has 3 aromatic rings. The van der Waals surface area contributed by atoms with Crippen LogP contribution in [0.4, 0.5) is 5.69 Å². The van der Waals surface area contributed by atoms with E-state index in [0.717, 1.165) is 5.56 Å². The van der Waals surface area contributed by atoms with Gasteiger partial charge in [-0.15, -0.1) is 0 Å². The number of carbonyl (C=O) groups excluding carboxylic acids is 2. The van der Waals surface area contributed by atoms with Crippen molar-refractivity contribution in [2.45, 2.75) is 6.54 Å². The zero-order chi connectivity index (χ0) is 22.2. The van der Waals surface area contributed by atoms with Gasteiger partial charge in [-0.1, -0.05) is 12.1 Å². The van der Waals surface area contributed by atoms with E-state index in [2.05, 4.69) is 10.4 Å². The van der Waals surface area contributed by atoms with E-state index in [0.29, 0.717) is 35.0 Å². The highest BCUT2D eigenvalue weighted by Crippen LogP contribution is 2.39. The van der Waals surface area contributed by atoms with Crippen molar-refractivity contribution in [3.05, 3.63) is 66.0 Å². The number of carbonyl (C=O) groups is 2. The lowest BCUT2D eigenvalue weighted by atomic mass is 10.1. The second kappa shape index (κ2) is 10.1. The fourth-order valence-corrected chi connectivity index (χ4v) is 2.89. The van der Waals surface area contributed by atoms with Crippen LogP contribution in [0.1, 0.15) is 15.9 Å². The highest BCUT2D eigenvalue weighted by atomic mass is 16.5. The number of hydrogen-bond donors (Lipinski definition) is 1. The van der Waals surface area contributed by atoms with E-state index >= 15 is 0 Å². The Morgan fingerprint density at radius 2 is 1.68 bits per heavy atom. The van der Waals surface area contributed by atoms with Gasteiger partial charge in [0.25, 0.3) is 5.91 Å². The van der Waals surface area contributed by atoms with Crippen molar-refractivity contribution in [3.8, 4) is 17.2 Å². The van der Waals surface area contributed by atoms with Crippen molar-refractivity contribution in [3.63, 3.8) is 0 Å². The van der Waals surface area contributed by atoms with Crippen molar-refractivity contribution < 1.29 is 28.5 Å². The van der Waals surface area contributed by atoms with Crippen LogP contribution in [0.3, 0.4) is 0 Å². The monoisotopic (exact) mass is 425 g/mol. The molecule has 0 fully saturated rings. The average molecular weight is 425 g/mol. The van der Waals surface area contributed by atoms with Crippen LogP contribution in [0, 0.1) is 0 Å². The summed E-state index contributed by atoms with van der Waals surface area (Å²) in [6.45, 7) is 0.157. The van der Waals surface area contributed by atoms with Gasteiger partial charge in [0.05, 0.1) is 33.4 Å². The first-order valence-corrected chi connectivity index (χ1v) is 9.37. The fraction of sp³-hybridized carbons (Fsp3) is 0.227. The summed E-state index contributed by atoms with van der Waals surface area (Å²) < 4.78 is 22.6. The van der Waals surface area contributed by atoms with E-state index < -0.39 is 18.5 Å². The first-order chi connectivity index (χ1) is 15.0. The number of amides is 1. The number of anilines is 1. The lowest BCUT2D eigenvalue weighted by Crippen LogP contribution is -2.21. The number of esters is 1. The van der Waals surface area contributed by atoms with E-state index in [1.54, 1.807) is 35.1 Å². The molecule has 0 radical (unpaired) electrons. The zero-order valence-corrected chi connectivity index (χ0v) is 17.5. The van der Waals surface area contributed by atoms with Gasteiger partial charge in [-0.25, -0.2) is 4.79 Å². The molecule has 0 bridgehead atoms. The molecule has 0 unspecified atom stereocenters. The van der Waals surface area contributed by atoms with Crippen molar-refractivity contribution >= 4 is 17.6 Å². The normalized spacial score (nSPS) is 10.3. The molecule has 1 amide bonds. The standard InChI is InChI=1S/C22H23N3O6/c1-28-18-11-17(12-19(29-2)21(18)30-3)24-20(26)14-31-22(27)16-7-5-15(6-8-16)13-25-10-4-9-23-25/h4-12H,13-14H2,1-3H3,(H,24,26). The van der Waals surface area contributed by atoms with Crippen LogP contribution in [-0.2, 0) is 16.1 Å². The Morgan fingerprint density at radius 1 is 1.00 bits per heavy atom. The molecule has 1 N–H and O–H groups in total. The molecule has 9 heteroatoms. The van der Waals surface area contributed by atoms with Crippen LogP contribution in [-0.4, -0.2) is 49.6 Å². The molecule has 0 aliphatic carbocycles. The second-order valence-corrected chi connectivity index (χ2v) is 6.44. The van der Waals surface area contributed by atoms with Crippen LogP contribution in [0.2, 0.25) is 0 Å². The molecule has 2 aromatic carbocycles. The van der Waals surface area contributed by atoms with E-state index in [9.17, 15) is 9.59 Å². The van der Waals surface area contributed by atoms with Gasteiger partial charge >= 0.3 is 5.97 Å². The Balaban J connectivity index is 1.56. The summed E-state index contributed by atoms with van der Waals surface area (Å²) >= 11 is 0. The Kier molecular flexibility index (Phi) is 7.10. The lowest BCUT2D eigenvalue weighted by molar-refractivity contribution is -0.119. The first-order valence-electron chi connectivity index (χ1n) is 9.37. The fourth-order valence-electron chi connectivity index (χ4n) is 2.89. The molecule has 0 saturated carbocycles. The number of benzene rings is 2. The minimum Gasteiger partial charge on any atom is -0.493 e. The summed E-state index contributed by atoms with van der Waals surface area (Å²) in [5.74, 6) is 0.0997. The quantitative estimate of drug-likeness (QED) is 0.526. The minimum atomic E-state index is -0.592. The molecular weight excluding hydrogens is 402 g/mol. The highest BCUT2D eigenvalue weighted by Gasteiger charge is 2.16. The van der Waals surface area contributed by atoms with Gasteiger partial charge in [-0.3, -0.25) is 9.48 Å². The molecule has 1 aromatic heterocycles. The van der Waals surface area contributed by atoms with E-state index in [4.69, 9.17) is 18.9 Å².